The number of hydrogen-bond donors (Lipinski definition) is 1. The van der Waals surface area contributed by atoms with Crippen molar-refractivity contribution < 1.29 is 18.7 Å². The molecule has 0 fully saturated rings. The van der Waals surface area contributed by atoms with Crippen LogP contribution in [0, 0.1) is 19.7 Å². The van der Waals surface area contributed by atoms with Gasteiger partial charge < -0.3 is 10.1 Å². The van der Waals surface area contributed by atoms with Crippen molar-refractivity contribution in [3.8, 4) is 0 Å². The maximum atomic E-state index is 13.3. The molecule has 6 nitrogen and oxygen atoms in total. The molecule has 1 atom stereocenters. The molecule has 0 saturated heterocycles. The quantitative estimate of drug-likeness (QED) is 0.708. The molecule has 0 bridgehead atoms. The predicted molar refractivity (Wildman–Crippen MR) is 98.0 cm³/mol. The molecule has 136 valence electrons. The summed E-state index contributed by atoms with van der Waals surface area (Å²) in [4.78, 5) is 25.0. The molecule has 8 heteroatoms. The highest BCUT2D eigenvalue weighted by molar-refractivity contribution is 7.20. The molecular weight excluding hydrogens is 357 g/mol. The first-order valence-corrected chi connectivity index (χ1v) is 8.79. The van der Waals surface area contributed by atoms with Gasteiger partial charge in [0.15, 0.2) is 6.10 Å². The van der Waals surface area contributed by atoms with Crippen LogP contribution in [0.15, 0.2) is 24.3 Å². The number of amides is 1. The second-order valence-corrected chi connectivity index (χ2v) is 7.08. The summed E-state index contributed by atoms with van der Waals surface area (Å²) in [5, 5.41) is 7.60. The largest absolute Gasteiger partial charge is 0.448 e. The van der Waals surface area contributed by atoms with E-state index < -0.39 is 18.0 Å². The molecule has 3 rings (SSSR count). The SMILES string of the molecule is Cc1nn(C)c(C)c1NC(=O)[C@@H](C)OC(=O)c1cc2cc(F)ccc2s1. The van der Waals surface area contributed by atoms with E-state index in [1.54, 1.807) is 30.8 Å². The molecule has 1 N–H and O–H groups in total. The minimum absolute atomic E-state index is 0.319. The molecule has 0 saturated carbocycles. The van der Waals surface area contributed by atoms with Crippen LogP contribution in [0.4, 0.5) is 10.1 Å². The lowest BCUT2D eigenvalue weighted by Gasteiger charge is -2.13. The number of benzene rings is 1. The summed E-state index contributed by atoms with van der Waals surface area (Å²) >= 11 is 1.19. The van der Waals surface area contributed by atoms with E-state index in [4.69, 9.17) is 4.74 Å². The number of carbonyl (C=O) groups excluding carboxylic acids is 2. The molecule has 2 heterocycles. The van der Waals surface area contributed by atoms with Crippen molar-refractivity contribution in [3.05, 3.63) is 46.3 Å². The Bertz CT molecular complexity index is 1010. The lowest BCUT2D eigenvalue weighted by Crippen LogP contribution is -2.30. The molecule has 0 aliphatic rings. The number of hydrogen-bond acceptors (Lipinski definition) is 5. The van der Waals surface area contributed by atoms with E-state index >= 15 is 0 Å². The fraction of sp³-hybridized carbons (Fsp3) is 0.278. The monoisotopic (exact) mass is 375 g/mol. The van der Waals surface area contributed by atoms with Crippen LogP contribution in [0.25, 0.3) is 10.1 Å². The number of fused-ring (bicyclic) bond motifs is 1. The molecule has 0 spiro atoms. The highest BCUT2D eigenvalue weighted by Gasteiger charge is 2.22. The lowest BCUT2D eigenvalue weighted by atomic mass is 10.2. The van der Waals surface area contributed by atoms with Crippen LogP contribution in [0.3, 0.4) is 0 Å². The van der Waals surface area contributed by atoms with Crippen LogP contribution < -0.4 is 5.32 Å². The van der Waals surface area contributed by atoms with Gasteiger partial charge in [-0.3, -0.25) is 9.48 Å². The number of rotatable bonds is 4. The van der Waals surface area contributed by atoms with Gasteiger partial charge in [-0.2, -0.15) is 5.10 Å². The summed E-state index contributed by atoms with van der Waals surface area (Å²) in [5.41, 5.74) is 2.10. The third-order valence-electron chi connectivity index (χ3n) is 4.09. The number of carbonyl (C=O) groups is 2. The van der Waals surface area contributed by atoms with Crippen LogP contribution in [0.5, 0.6) is 0 Å². The topological polar surface area (TPSA) is 73.2 Å². The molecular formula is C18H18FN3O3S. The van der Waals surface area contributed by atoms with Crippen molar-refractivity contribution in [2.45, 2.75) is 26.9 Å². The van der Waals surface area contributed by atoms with Gasteiger partial charge >= 0.3 is 5.97 Å². The number of anilines is 1. The highest BCUT2D eigenvalue weighted by atomic mass is 32.1. The molecule has 1 aromatic carbocycles. The van der Waals surface area contributed by atoms with Gasteiger partial charge in [0.25, 0.3) is 5.91 Å². The zero-order valence-corrected chi connectivity index (χ0v) is 15.6. The van der Waals surface area contributed by atoms with E-state index in [1.807, 2.05) is 6.92 Å². The Morgan fingerprint density at radius 2 is 2.04 bits per heavy atom. The number of aryl methyl sites for hydroxylation is 2. The fourth-order valence-corrected chi connectivity index (χ4v) is 3.49. The number of halogens is 1. The third kappa shape index (κ3) is 3.45. The summed E-state index contributed by atoms with van der Waals surface area (Å²) in [5.74, 6) is -1.43. The predicted octanol–water partition coefficient (Wildman–Crippen LogP) is 3.57. The van der Waals surface area contributed by atoms with Crippen molar-refractivity contribution >= 4 is 39.0 Å². The number of esters is 1. The minimum atomic E-state index is -0.983. The standard InChI is InChI=1S/C18H18FN3O3S/c1-9-16(10(2)22(4)21-9)20-17(23)11(3)25-18(24)15-8-12-7-13(19)5-6-14(12)26-15/h5-8,11H,1-4H3,(H,20,23)/t11-/m1/s1. The van der Waals surface area contributed by atoms with Crippen molar-refractivity contribution in [2.75, 3.05) is 5.32 Å². The Morgan fingerprint density at radius 3 is 2.69 bits per heavy atom. The van der Waals surface area contributed by atoms with Gasteiger partial charge in [0.1, 0.15) is 10.7 Å². The molecule has 3 aromatic rings. The van der Waals surface area contributed by atoms with Gasteiger partial charge in [-0.1, -0.05) is 0 Å². The van der Waals surface area contributed by atoms with Crippen molar-refractivity contribution in [1.82, 2.24) is 9.78 Å². The number of nitrogens with one attached hydrogen (secondary N) is 1. The average Bonchev–Trinajstić information content (AvgIpc) is 3.10. The molecule has 0 radical (unpaired) electrons. The number of thiophene rings is 1. The first-order valence-electron chi connectivity index (χ1n) is 7.97. The van der Waals surface area contributed by atoms with Crippen LogP contribution in [-0.4, -0.2) is 27.8 Å². The van der Waals surface area contributed by atoms with E-state index in [1.165, 1.54) is 30.4 Å². The van der Waals surface area contributed by atoms with Crippen LogP contribution in [0.1, 0.15) is 28.0 Å². The summed E-state index contributed by atoms with van der Waals surface area (Å²) in [6.45, 7) is 5.12. The smallest absolute Gasteiger partial charge is 0.349 e. The third-order valence-corrected chi connectivity index (χ3v) is 5.19. The van der Waals surface area contributed by atoms with Crippen molar-refractivity contribution in [1.29, 1.82) is 0 Å². The lowest BCUT2D eigenvalue weighted by molar-refractivity contribution is -0.123. The summed E-state index contributed by atoms with van der Waals surface area (Å²) in [7, 11) is 1.78. The zero-order valence-electron chi connectivity index (χ0n) is 14.8. The van der Waals surface area contributed by atoms with E-state index in [0.717, 1.165) is 10.4 Å². The molecule has 0 aliphatic heterocycles. The highest BCUT2D eigenvalue weighted by Crippen LogP contribution is 2.27. The fourth-order valence-electron chi connectivity index (χ4n) is 2.57. The van der Waals surface area contributed by atoms with E-state index in [2.05, 4.69) is 10.4 Å². The minimum Gasteiger partial charge on any atom is -0.448 e. The Kier molecular flexibility index (Phi) is 4.78. The van der Waals surface area contributed by atoms with E-state index in [-0.39, 0.29) is 5.82 Å². The van der Waals surface area contributed by atoms with E-state index in [9.17, 15) is 14.0 Å². The Labute approximate surface area is 153 Å². The number of nitrogens with zero attached hydrogens (tertiary/aromatic N) is 2. The van der Waals surface area contributed by atoms with E-state index in [0.29, 0.717) is 21.6 Å². The van der Waals surface area contributed by atoms with Gasteiger partial charge in [0.2, 0.25) is 0 Å². The average molecular weight is 375 g/mol. The number of aromatic nitrogens is 2. The van der Waals surface area contributed by atoms with Crippen LogP contribution in [0.2, 0.25) is 0 Å². The van der Waals surface area contributed by atoms with Gasteiger partial charge in [-0.15, -0.1) is 11.3 Å². The van der Waals surface area contributed by atoms with Gasteiger partial charge in [0, 0.05) is 11.7 Å². The normalized spacial score (nSPS) is 12.2. The Balaban J connectivity index is 1.70. The maximum absolute atomic E-state index is 13.3. The summed E-state index contributed by atoms with van der Waals surface area (Å²) in [6.07, 6.45) is -0.983. The van der Waals surface area contributed by atoms with Gasteiger partial charge in [-0.25, -0.2) is 9.18 Å². The van der Waals surface area contributed by atoms with Crippen molar-refractivity contribution in [3.63, 3.8) is 0 Å². The van der Waals surface area contributed by atoms with Gasteiger partial charge in [0.05, 0.1) is 17.1 Å². The molecule has 26 heavy (non-hydrogen) atoms. The second-order valence-electron chi connectivity index (χ2n) is 6.00. The summed E-state index contributed by atoms with van der Waals surface area (Å²) in [6, 6.07) is 5.86. The first kappa shape index (κ1) is 18.1. The molecule has 0 aliphatic carbocycles. The Morgan fingerprint density at radius 1 is 1.31 bits per heavy atom. The Hall–Kier alpha value is -2.74. The van der Waals surface area contributed by atoms with Crippen LogP contribution >= 0.6 is 11.3 Å². The second kappa shape index (κ2) is 6.87. The summed E-state index contributed by atoms with van der Waals surface area (Å²) < 4.78 is 21.0. The van der Waals surface area contributed by atoms with Gasteiger partial charge in [-0.05, 0) is 50.4 Å². The van der Waals surface area contributed by atoms with Crippen LogP contribution in [-0.2, 0) is 16.6 Å². The van der Waals surface area contributed by atoms with Crippen molar-refractivity contribution in [2.24, 2.45) is 7.05 Å². The first-order chi connectivity index (χ1) is 12.3. The maximum Gasteiger partial charge on any atom is 0.349 e. The molecule has 2 aromatic heterocycles. The zero-order chi connectivity index (χ0) is 19.0. The molecule has 0 unspecified atom stereocenters. The number of ether oxygens (including phenoxy) is 1. The molecule has 1 amide bonds.